The van der Waals surface area contributed by atoms with Crippen molar-refractivity contribution < 1.29 is 14.0 Å². The Morgan fingerprint density at radius 3 is 2.32 bits per heavy atom. The highest BCUT2D eigenvalue weighted by atomic mass is 79.9. The van der Waals surface area contributed by atoms with E-state index < -0.39 is 0 Å². The van der Waals surface area contributed by atoms with Gasteiger partial charge in [0.2, 0.25) is 12.3 Å². The summed E-state index contributed by atoms with van der Waals surface area (Å²) in [6.07, 6.45) is 3.00. The fourth-order valence-corrected chi connectivity index (χ4v) is 2.65. The molecule has 126 valence electrons. The second kappa shape index (κ2) is 7.90. The second-order valence-corrected chi connectivity index (χ2v) is 6.36. The van der Waals surface area contributed by atoms with Crippen molar-refractivity contribution in [2.75, 3.05) is 6.54 Å². The number of aromatic nitrogens is 1. The largest absolute Gasteiger partial charge is 0.444 e. The minimum absolute atomic E-state index is 0.0884. The average molecular weight is 399 g/mol. The average Bonchev–Trinajstić information content (AvgIpc) is 3.12. The molecule has 0 saturated heterocycles. The number of amides is 1. The molecule has 0 aliphatic heterocycles. The van der Waals surface area contributed by atoms with Crippen LogP contribution in [0.5, 0.6) is 0 Å². The van der Waals surface area contributed by atoms with E-state index in [9.17, 15) is 9.59 Å². The minimum Gasteiger partial charge on any atom is -0.444 e. The van der Waals surface area contributed by atoms with Crippen LogP contribution in [0.3, 0.4) is 0 Å². The lowest BCUT2D eigenvalue weighted by Gasteiger charge is -2.13. The Labute approximate surface area is 153 Å². The van der Waals surface area contributed by atoms with Gasteiger partial charge < -0.3 is 14.1 Å². The van der Waals surface area contributed by atoms with E-state index in [1.165, 1.54) is 4.90 Å². The van der Waals surface area contributed by atoms with Crippen molar-refractivity contribution in [1.29, 1.82) is 0 Å². The van der Waals surface area contributed by atoms with Crippen molar-refractivity contribution >= 4 is 28.6 Å². The smallest absolute Gasteiger partial charge is 0.226 e. The number of oxazole rings is 1. The predicted molar refractivity (Wildman–Crippen MR) is 97.6 cm³/mol. The Morgan fingerprint density at radius 2 is 1.68 bits per heavy atom. The van der Waals surface area contributed by atoms with E-state index in [0.29, 0.717) is 25.1 Å². The molecule has 0 bridgehead atoms. The van der Waals surface area contributed by atoms with Crippen molar-refractivity contribution in [3.63, 3.8) is 0 Å². The molecular formula is C19H15BrN2O3. The third-order valence-electron chi connectivity index (χ3n) is 3.69. The maximum absolute atomic E-state index is 10.9. The summed E-state index contributed by atoms with van der Waals surface area (Å²) in [6, 6.07) is 15.4. The number of nitrogens with zero attached hydrogens (tertiary/aromatic N) is 2. The molecule has 0 radical (unpaired) electrons. The van der Waals surface area contributed by atoms with Crippen LogP contribution in [-0.2, 0) is 16.1 Å². The van der Waals surface area contributed by atoms with E-state index in [-0.39, 0.29) is 6.54 Å². The number of hydrogen-bond donors (Lipinski definition) is 0. The zero-order chi connectivity index (χ0) is 17.6. The molecule has 25 heavy (non-hydrogen) atoms. The van der Waals surface area contributed by atoms with Gasteiger partial charge in [-0.3, -0.25) is 4.79 Å². The summed E-state index contributed by atoms with van der Waals surface area (Å²) >= 11 is 3.40. The van der Waals surface area contributed by atoms with Gasteiger partial charge in [0, 0.05) is 22.1 Å². The molecule has 0 saturated carbocycles. The number of hydrogen-bond acceptors (Lipinski definition) is 4. The molecule has 0 atom stereocenters. The van der Waals surface area contributed by atoms with Crippen molar-refractivity contribution in [3.8, 4) is 22.7 Å². The predicted octanol–water partition coefficient (Wildman–Crippen LogP) is 3.93. The molecule has 0 aliphatic rings. The summed E-state index contributed by atoms with van der Waals surface area (Å²) in [5, 5.41) is 0. The van der Waals surface area contributed by atoms with Crippen LogP contribution in [0.15, 0.2) is 63.7 Å². The van der Waals surface area contributed by atoms with E-state index in [2.05, 4.69) is 20.9 Å². The van der Waals surface area contributed by atoms with Crippen LogP contribution >= 0.6 is 15.9 Å². The summed E-state index contributed by atoms with van der Waals surface area (Å²) in [6.45, 7) is 0.483. The molecule has 0 unspecified atom stereocenters. The maximum atomic E-state index is 10.9. The third-order valence-corrected chi connectivity index (χ3v) is 4.22. The zero-order valence-corrected chi connectivity index (χ0v) is 14.8. The third kappa shape index (κ3) is 4.22. The molecule has 0 spiro atoms. The fourth-order valence-electron chi connectivity index (χ4n) is 2.39. The lowest BCUT2D eigenvalue weighted by molar-refractivity contribution is -0.122. The van der Waals surface area contributed by atoms with E-state index in [1.807, 2.05) is 48.5 Å². The summed E-state index contributed by atoms with van der Waals surface area (Å²) in [7, 11) is 0. The van der Waals surface area contributed by atoms with E-state index in [0.717, 1.165) is 26.9 Å². The lowest BCUT2D eigenvalue weighted by Crippen LogP contribution is -2.23. The van der Waals surface area contributed by atoms with Gasteiger partial charge in [0.1, 0.15) is 18.2 Å². The Bertz CT molecular complexity index is 857. The lowest BCUT2D eigenvalue weighted by atomic mass is 10.1. The molecule has 2 aromatic carbocycles. The molecule has 6 heteroatoms. The molecule has 0 fully saturated rings. The van der Waals surface area contributed by atoms with Crippen molar-refractivity contribution in [1.82, 2.24) is 9.88 Å². The van der Waals surface area contributed by atoms with Crippen LogP contribution in [-0.4, -0.2) is 29.1 Å². The highest BCUT2D eigenvalue weighted by molar-refractivity contribution is 9.10. The van der Waals surface area contributed by atoms with Gasteiger partial charge in [-0.15, -0.1) is 0 Å². The maximum Gasteiger partial charge on any atom is 0.226 e. The van der Waals surface area contributed by atoms with Crippen molar-refractivity contribution in [2.45, 2.75) is 6.54 Å². The van der Waals surface area contributed by atoms with Crippen LogP contribution in [0.1, 0.15) is 5.56 Å². The second-order valence-electron chi connectivity index (χ2n) is 5.44. The van der Waals surface area contributed by atoms with Gasteiger partial charge >= 0.3 is 0 Å². The standard InChI is InChI=1S/C19H15BrN2O3/c20-17-7-5-16(6-8-17)19-21-18(12-25-19)15-3-1-14(2-4-15)11-22(13-24)9-10-23/h1-8,10,12-13H,9,11H2. The monoisotopic (exact) mass is 398 g/mol. The van der Waals surface area contributed by atoms with E-state index in [4.69, 9.17) is 4.42 Å². The van der Waals surface area contributed by atoms with Crippen LogP contribution < -0.4 is 0 Å². The Kier molecular flexibility index (Phi) is 5.40. The zero-order valence-electron chi connectivity index (χ0n) is 13.3. The Balaban J connectivity index is 1.75. The molecule has 1 aromatic heterocycles. The van der Waals surface area contributed by atoms with E-state index in [1.54, 1.807) is 6.26 Å². The van der Waals surface area contributed by atoms with Gasteiger partial charge in [0.05, 0.1) is 6.54 Å². The van der Waals surface area contributed by atoms with Crippen LogP contribution in [0.25, 0.3) is 22.7 Å². The highest BCUT2D eigenvalue weighted by Crippen LogP contribution is 2.26. The van der Waals surface area contributed by atoms with Crippen molar-refractivity contribution in [2.24, 2.45) is 0 Å². The van der Waals surface area contributed by atoms with E-state index >= 15 is 0 Å². The number of benzene rings is 2. The summed E-state index contributed by atoms with van der Waals surface area (Å²) in [5.41, 5.74) is 3.50. The number of rotatable bonds is 7. The first-order chi connectivity index (χ1) is 12.2. The molecule has 0 N–H and O–H groups in total. The van der Waals surface area contributed by atoms with Gasteiger partial charge in [0.15, 0.2) is 0 Å². The van der Waals surface area contributed by atoms with Gasteiger partial charge in [-0.2, -0.15) is 0 Å². The van der Waals surface area contributed by atoms with Gasteiger partial charge in [-0.05, 0) is 29.8 Å². The molecule has 5 nitrogen and oxygen atoms in total. The van der Waals surface area contributed by atoms with Gasteiger partial charge in [-0.1, -0.05) is 40.2 Å². The number of carbonyl (C=O) groups is 2. The SMILES string of the molecule is O=CCN(C=O)Cc1ccc(-c2coc(-c3ccc(Br)cc3)n2)cc1. The Hall–Kier alpha value is -2.73. The van der Waals surface area contributed by atoms with Crippen LogP contribution in [0.4, 0.5) is 0 Å². The fraction of sp³-hybridized carbons (Fsp3) is 0.105. The topological polar surface area (TPSA) is 63.4 Å². The number of halogens is 1. The first-order valence-corrected chi connectivity index (χ1v) is 8.42. The summed E-state index contributed by atoms with van der Waals surface area (Å²) < 4.78 is 6.57. The first-order valence-electron chi connectivity index (χ1n) is 7.63. The van der Waals surface area contributed by atoms with Gasteiger partial charge in [0.25, 0.3) is 0 Å². The molecule has 1 amide bonds. The molecule has 1 heterocycles. The van der Waals surface area contributed by atoms with Crippen LogP contribution in [0.2, 0.25) is 0 Å². The summed E-state index contributed by atoms with van der Waals surface area (Å²) in [5.74, 6) is 0.560. The number of carbonyl (C=O) groups excluding carboxylic acids is 2. The Morgan fingerprint density at radius 1 is 1.00 bits per heavy atom. The number of aldehydes is 1. The minimum atomic E-state index is 0.0884. The quantitative estimate of drug-likeness (QED) is 0.565. The molecular weight excluding hydrogens is 384 g/mol. The van der Waals surface area contributed by atoms with Gasteiger partial charge in [-0.25, -0.2) is 4.98 Å². The summed E-state index contributed by atoms with van der Waals surface area (Å²) in [4.78, 5) is 27.3. The molecule has 3 rings (SSSR count). The van der Waals surface area contributed by atoms with Crippen LogP contribution in [0, 0.1) is 0 Å². The molecule has 0 aliphatic carbocycles. The first kappa shape index (κ1) is 17.1. The highest BCUT2D eigenvalue weighted by Gasteiger charge is 2.09. The van der Waals surface area contributed by atoms with Crippen molar-refractivity contribution in [3.05, 3.63) is 64.8 Å². The normalized spacial score (nSPS) is 10.4. The molecule has 3 aromatic rings.